The van der Waals surface area contributed by atoms with Crippen LogP contribution < -0.4 is 5.32 Å². The number of carbonyl (C=O) groups excluding carboxylic acids is 1. The van der Waals surface area contributed by atoms with E-state index in [1.807, 2.05) is 0 Å². The van der Waals surface area contributed by atoms with Crippen LogP contribution in [0.4, 0.5) is 5.69 Å². The lowest BCUT2D eigenvalue weighted by molar-refractivity contribution is -0.123. The van der Waals surface area contributed by atoms with Crippen molar-refractivity contribution in [1.82, 2.24) is 0 Å². The normalized spacial score (nSPS) is 12.3. The summed E-state index contributed by atoms with van der Waals surface area (Å²) in [4.78, 5) is 11.6. The third-order valence-electron chi connectivity index (χ3n) is 2.15. The Morgan fingerprint density at radius 2 is 1.83 bits per heavy atom. The van der Waals surface area contributed by atoms with Gasteiger partial charge in [-0.05, 0) is 18.2 Å². The summed E-state index contributed by atoms with van der Waals surface area (Å²) in [6.07, 6.45) is 0. The minimum absolute atomic E-state index is 0.108. The van der Waals surface area contributed by atoms with E-state index in [2.05, 4.69) is 5.32 Å². The van der Waals surface area contributed by atoms with Crippen molar-refractivity contribution < 1.29 is 13.2 Å². The Kier molecular flexibility index (Phi) is 4.30. The molecule has 0 atom stereocenters. The topological polar surface area (TPSA) is 63.2 Å². The van der Waals surface area contributed by atoms with E-state index in [1.165, 1.54) is 18.2 Å². The van der Waals surface area contributed by atoms with Gasteiger partial charge in [-0.2, -0.15) is 0 Å². The molecule has 0 aliphatic rings. The van der Waals surface area contributed by atoms with Gasteiger partial charge in [-0.15, -0.1) is 0 Å². The molecule has 1 N–H and O–H groups in total. The van der Waals surface area contributed by atoms with Gasteiger partial charge >= 0.3 is 0 Å². The van der Waals surface area contributed by atoms with E-state index in [9.17, 15) is 13.2 Å². The van der Waals surface area contributed by atoms with Crippen molar-refractivity contribution in [2.45, 2.75) is 25.7 Å². The van der Waals surface area contributed by atoms with E-state index in [-0.39, 0.29) is 15.8 Å². The number of nitrogens with one attached hydrogen (secondary N) is 1. The molecule has 0 spiro atoms. The molecule has 0 radical (unpaired) electrons. The van der Waals surface area contributed by atoms with Crippen molar-refractivity contribution in [2.24, 2.45) is 5.41 Å². The SMILES string of the molecule is CC(C)(C)C(=O)Nc1ccc(S(=O)(=O)Cl)cc1Cl. The van der Waals surface area contributed by atoms with Gasteiger partial charge < -0.3 is 5.32 Å². The average Bonchev–Trinajstić information content (AvgIpc) is 2.17. The van der Waals surface area contributed by atoms with Crippen LogP contribution >= 0.6 is 22.3 Å². The molecule has 0 saturated heterocycles. The van der Waals surface area contributed by atoms with E-state index in [0.29, 0.717) is 5.69 Å². The fraction of sp³-hybridized carbons (Fsp3) is 0.364. The van der Waals surface area contributed by atoms with Crippen molar-refractivity contribution in [2.75, 3.05) is 5.32 Å². The predicted octanol–water partition coefficient (Wildman–Crippen LogP) is 3.25. The van der Waals surface area contributed by atoms with Crippen molar-refractivity contribution >= 4 is 42.9 Å². The molecule has 0 aliphatic carbocycles. The van der Waals surface area contributed by atoms with E-state index in [1.54, 1.807) is 20.8 Å². The van der Waals surface area contributed by atoms with Crippen LogP contribution in [0.1, 0.15) is 20.8 Å². The highest BCUT2D eigenvalue weighted by Gasteiger charge is 2.22. The number of halogens is 2. The predicted molar refractivity (Wildman–Crippen MR) is 72.6 cm³/mol. The number of carbonyl (C=O) groups is 1. The summed E-state index contributed by atoms with van der Waals surface area (Å²) >= 11 is 5.89. The number of anilines is 1. The standard InChI is InChI=1S/C11H13Cl2NO3S/c1-11(2,3)10(15)14-9-5-4-7(6-8(9)12)18(13,16)17/h4-6H,1-3H3,(H,14,15). The molecular weight excluding hydrogens is 297 g/mol. The Balaban J connectivity index is 3.05. The lowest BCUT2D eigenvalue weighted by Gasteiger charge is -2.18. The Morgan fingerprint density at radius 3 is 2.22 bits per heavy atom. The molecule has 0 aliphatic heterocycles. The van der Waals surface area contributed by atoms with Crippen LogP contribution in [0.3, 0.4) is 0 Å². The van der Waals surface area contributed by atoms with Crippen LogP contribution in [0.25, 0.3) is 0 Å². The van der Waals surface area contributed by atoms with Gasteiger partial charge in [-0.3, -0.25) is 4.79 Å². The first-order valence-corrected chi connectivity index (χ1v) is 7.76. The Hall–Kier alpha value is -0.780. The summed E-state index contributed by atoms with van der Waals surface area (Å²) in [5.41, 5.74) is -0.221. The molecule has 100 valence electrons. The first-order valence-electron chi connectivity index (χ1n) is 5.07. The molecule has 7 heteroatoms. The Labute approximate surface area is 116 Å². The maximum Gasteiger partial charge on any atom is 0.261 e. The zero-order chi connectivity index (χ0) is 14.1. The molecule has 4 nitrogen and oxygen atoms in total. The number of benzene rings is 1. The van der Waals surface area contributed by atoms with E-state index < -0.39 is 14.5 Å². The summed E-state index contributed by atoms with van der Waals surface area (Å²) < 4.78 is 22.2. The highest BCUT2D eigenvalue weighted by atomic mass is 35.7. The molecule has 1 aromatic carbocycles. The monoisotopic (exact) mass is 309 g/mol. The van der Waals surface area contributed by atoms with Gasteiger partial charge in [-0.25, -0.2) is 8.42 Å². The smallest absolute Gasteiger partial charge is 0.261 e. The minimum atomic E-state index is -3.82. The molecule has 1 rings (SSSR count). The molecule has 0 saturated carbocycles. The highest BCUT2D eigenvalue weighted by molar-refractivity contribution is 8.13. The number of amides is 1. The van der Waals surface area contributed by atoms with Crippen molar-refractivity contribution in [1.29, 1.82) is 0 Å². The summed E-state index contributed by atoms with van der Waals surface area (Å²) in [6.45, 7) is 5.27. The van der Waals surface area contributed by atoms with Crippen LogP contribution in [-0.4, -0.2) is 14.3 Å². The molecule has 1 aromatic rings. The molecule has 1 amide bonds. The largest absolute Gasteiger partial charge is 0.324 e. The van der Waals surface area contributed by atoms with Gasteiger partial charge in [0.05, 0.1) is 15.6 Å². The number of hydrogen-bond donors (Lipinski definition) is 1. The second-order valence-corrected chi connectivity index (χ2v) is 7.76. The van der Waals surface area contributed by atoms with Crippen molar-refractivity contribution in [3.63, 3.8) is 0 Å². The molecule has 0 bridgehead atoms. The quantitative estimate of drug-likeness (QED) is 0.853. The average molecular weight is 310 g/mol. The second-order valence-electron chi connectivity index (χ2n) is 4.78. The summed E-state index contributed by atoms with van der Waals surface area (Å²) in [7, 11) is 1.36. The number of hydrogen-bond acceptors (Lipinski definition) is 3. The van der Waals surface area contributed by atoms with Crippen LogP contribution in [0.5, 0.6) is 0 Å². The Morgan fingerprint density at radius 1 is 1.28 bits per heavy atom. The molecule has 18 heavy (non-hydrogen) atoms. The second kappa shape index (κ2) is 5.07. The summed E-state index contributed by atoms with van der Waals surface area (Å²) in [5, 5.41) is 2.74. The molecule has 0 fully saturated rings. The fourth-order valence-electron chi connectivity index (χ4n) is 1.06. The summed E-state index contributed by atoms with van der Waals surface area (Å²) in [6, 6.07) is 3.88. The van der Waals surface area contributed by atoms with Gasteiger partial charge in [0.15, 0.2) is 0 Å². The van der Waals surface area contributed by atoms with Crippen LogP contribution in [0.2, 0.25) is 5.02 Å². The molecule has 0 aromatic heterocycles. The van der Waals surface area contributed by atoms with Crippen molar-refractivity contribution in [3.05, 3.63) is 23.2 Å². The maximum absolute atomic E-state index is 11.8. The van der Waals surface area contributed by atoms with Crippen molar-refractivity contribution in [3.8, 4) is 0 Å². The van der Waals surface area contributed by atoms with E-state index in [0.717, 1.165) is 0 Å². The van der Waals surface area contributed by atoms with E-state index in [4.69, 9.17) is 22.3 Å². The highest BCUT2D eigenvalue weighted by Crippen LogP contribution is 2.28. The van der Waals surface area contributed by atoms with Gasteiger partial charge in [0.25, 0.3) is 9.05 Å². The first-order chi connectivity index (χ1) is 8.01. The number of rotatable bonds is 2. The zero-order valence-corrected chi connectivity index (χ0v) is 12.4. The zero-order valence-electron chi connectivity index (χ0n) is 10.1. The third kappa shape index (κ3) is 3.86. The minimum Gasteiger partial charge on any atom is -0.324 e. The van der Waals surface area contributed by atoms with Crippen LogP contribution in [0, 0.1) is 5.41 Å². The molecular formula is C11H13Cl2NO3S. The third-order valence-corrected chi connectivity index (χ3v) is 3.82. The van der Waals surface area contributed by atoms with Gasteiger partial charge in [0.1, 0.15) is 0 Å². The lowest BCUT2D eigenvalue weighted by Crippen LogP contribution is -2.27. The molecule has 0 unspecified atom stereocenters. The lowest BCUT2D eigenvalue weighted by atomic mass is 9.95. The Bertz CT molecular complexity index is 576. The van der Waals surface area contributed by atoms with E-state index >= 15 is 0 Å². The summed E-state index contributed by atoms with van der Waals surface area (Å²) in [5.74, 6) is -0.217. The maximum atomic E-state index is 11.8. The first kappa shape index (κ1) is 15.3. The fourth-order valence-corrected chi connectivity index (χ4v) is 2.13. The van der Waals surface area contributed by atoms with Crippen LogP contribution in [-0.2, 0) is 13.8 Å². The van der Waals surface area contributed by atoms with Crippen LogP contribution in [0.15, 0.2) is 23.1 Å². The van der Waals surface area contributed by atoms with Gasteiger partial charge in [0.2, 0.25) is 5.91 Å². The molecule has 0 heterocycles. The van der Waals surface area contributed by atoms with Gasteiger partial charge in [0, 0.05) is 16.1 Å². The van der Waals surface area contributed by atoms with Gasteiger partial charge in [-0.1, -0.05) is 32.4 Å².